The van der Waals surface area contributed by atoms with E-state index < -0.39 is 35.6 Å². The first-order chi connectivity index (χ1) is 14.3. The van der Waals surface area contributed by atoms with Gasteiger partial charge in [0.05, 0.1) is 17.3 Å². The molecule has 1 aliphatic rings. The van der Waals surface area contributed by atoms with Crippen molar-refractivity contribution in [1.29, 1.82) is 0 Å². The molecule has 1 fully saturated rings. The smallest absolute Gasteiger partial charge is 0.312 e. The number of halogens is 1. The van der Waals surface area contributed by atoms with Crippen LogP contribution in [0.25, 0.3) is 0 Å². The van der Waals surface area contributed by atoms with Crippen molar-refractivity contribution in [3.63, 3.8) is 0 Å². The van der Waals surface area contributed by atoms with Crippen molar-refractivity contribution in [1.82, 2.24) is 0 Å². The molecule has 1 saturated heterocycles. The number of benzene rings is 2. The van der Waals surface area contributed by atoms with Gasteiger partial charge in [-0.1, -0.05) is 24.3 Å². The van der Waals surface area contributed by atoms with Gasteiger partial charge in [-0.25, -0.2) is 4.39 Å². The van der Waals surface area contributed by atoms with Crippen molar-refractivity contribution < 1.29 is 28.3 Å². The lowest BCUT2D eigenvalue weighted by Crippen LogP contribution is -2.33. The number of amides is 2. The number of para-hydroxylation sites is 2. The van der Waals surface area contributed by atoms with E-state index >= 15 is 0 Å². The molecule has 2 aromatic rings. The van der Waals surface area contributed by atoms with Gasteiger partial charge in [-0.05, 0) is 38.1 Å². The molecule has 7 nitrogen and oxygen atoms in total. The molecule has 8 heteroatoms. The number of Topliss-reactive ketones (excluding diaryl/α,β-unsaturated/α-hetero) is 1. The van der Waals surface area contributed by atoms with Crippen molar-refractivity contribution in [3.05, 3.63) is 59.9 Å². The lowest BCUT2D eigenvalue weighted by atomic mass is 10.1. The molecule has 0 aliphatic carbocycles. The van der Waals surface area contributed by atoms with E-state index in [-0.39, 0.29) is 24.4 Å². The van der Waals surface area contributed by atoms with Gasteiger partial charge in [-0.2, -0.15) is 0 Å². The number of rotatable bonds is 6. The fourth-order valence-corrected chi connectivity index (χ4v) is 3.23. The highest BCUT2D eigenvalue weighted by Crippen LogP contribution is 2.28. The summed E-state index contributed by atoms with van der Waals surface area (Å²) in [5.41, 5.74) is 0.760. The van der Waals surface area contributed by atoms with Gasteiger partial charge in [0.25, 0.3) is 5.91 Å². The minimum atomic E-state index is -1.14. The summed E-state index contributed by atoms with van der Waals surface area (Å²) in [5, 5.41) is 2.57. The number of nitrogens with one attached hydrogen (secondary N) is 1. The van der Waals surface area contributed by atoms with E-state index in [0.717, 1.165) is 0 Å². The van der Waals surface area contributed by atoms with Crippen LogP contribution >= 0.6 is 0 Å². The van der Waals surface area contributed by atoms with E-state index in [9.17, 15) is 23.6 Å². The average molecular weight is 412 g/mol. The zero-order valence-corrected chi connectivity index (χ0v) is 16.6. The number of anilines is 2. The standard InChI is InChI=1S/C22H21FN2O5/c1-13(26)16-7-3-5-9-18(16)24-21(28)14(2)30-22(29)15-11-20(27)25(12-15)19-10-6-4-8-17(19)23/h3-10,14-15H,11-12H2,1-2H3,(H,24,28)/t14-,15+/m1/s1. The summed E-state index contributed by atoms with van der Waals surface area (Å²) in [7, 11) is 0. The zero-order chi connectivity index (χ0) is 21.8. The Morgan fingerprint density at radius 1 is 1.13 bits per heavy atom. The maximum Gasteiger partial charge on any atom is 0.312 e. The maximum absolute atomic E-state index is 14.0. The Bertz CT molecular complexity index is 1010. The lowest BCUT2D eigenvalue weighted by Gasteiger charge is -2.18. The van der Waals surface area contributed by atoms with Crippen LogP contribution in [-0.4, -0.2) is 36.2 Å². The Hall–Kier alpha value is -3.55. The third-order valence-electron chi connectivity index (χ3n) is 4.83. The number of hydrogen-bond acceptors (Lipinski definition) is 5. The van der Waals surface area contributed by atoms with Crippen LogP contribution in [0.1, 0.15) is 30.6 Å². The molecule has 3 rings (SSSR count). The van der Waals surface area contributed by atoms with E-state index in [1.54, 1.807) is 30.3 Å². The highest BCUT2D eigenvalue weighted by Gasteiger charge is 2.38. The topological polar surface area (TPSA) is 92.8 Å². The maximum atomic E-state index is 14.0. The van der Waals surface area contributed by atoms with Gasteiger partial charge in [-0.3, -0.25) is 19.2 Å². The Balaban J connectivity index is 1.62. The molecule has 0 spiro atoms. The van der Waals surface area contributed by atoms with E-state index in [4.69, 9.17) is 4.74 Å². The SMILES string of the molecule is CC(=O)c1ccccc1NC(=O)[C@@H](C)OC(=O)[C@H]1CC(=O)N(c2ccccc2F)C1. The molecule has 1 aliphatic heterocycles. The summed E-state index contributed by atoms with van der Waals surface area (Å²) in [6, 6.07) is 12.3. The molecule has 0 unspecified atom stereocenters. The summed E-state index contributed by atoms with van der Waals surface area (Å²) in [6.07, 6.45) is -1.27. The second-order valence-corrected chi connectivity index (χ2v) is 7.03. The molecule has 156 valence electrons. The third-order valence-corrected chi connectivity index (χ3v) is 4.83. The summed E-state index contributed by atoms with van der Waals surface area (Å²) in [4.78, 5) is 50.0. The molecular formula is C22H21FN2O5. The monoisotopic (exact) mass is 412 g/mol. The first-order valence-corrected chi connectivity index (χ1v) is 9.44. The van der Waals surface area contributed by atoms with Crippen LogP contribution in [0.2, 0.25) is 0 Å². The quantitative estimate of drug-likeness (QED) is 0.582. The molecule has 2 aromatic carbocycles. The first-order valence-electron chi connectivity index (χ1n) is 9.44. The number of carbonyl (C=O) groups is 4. The number of carbonyl (C=O) groups excluding carboxylic acids is 4. The lowest BCUT2D eigenvalue weighted by molar-refractivity contribution is -0.157. The van der Waals surface area contributed by atoms with Crippen LogP contribution in [0, 0.1) is 11.7 Å². The van der Waals surface area contributed by atoms with Crippen molar-refractivity contribution in [2.24, 2.45) is 5.92 Å². The Morgan fingerprint density at radius 3 is 2.50 bits per heavy atom. The molecule has 2 atom stereocenters. The van der Waals surface area contributed by atoms with Crippen LogP contribution in [0.5, 0.6) is 0 Å². The third kappa shape index (κ3) is 4.53. The second-order valence-electron chi connectivity index (χ2n) is 7.03. The normalized spacial score (nSPS) is 16.8. The highest BCUT2D eigenvalue weighted by atomic mass is 19.1. The van der Waals surface area contributed by atoms with Crippen LogP contribution < -0.4 is 10.2 Å². The van der Waals surface area contributed by atoms with Gasteiger partial charge in [-0.15, -0.1) is 0 Å². The van der Waals surface area contributed by atoms with E-state index in [1.165, 1.54) is 36.9 Å². The van der Waals surface area contributed by atoms with E-state index in [0.29, 0.717) is 11.3 Å². The van der Waals surface area contributed by atoms with Gasteiger partial charge in [0.2, 0.25) is 5.91 Å². The van der Waals surface area contributed by atoms with E-state index in [2.05, 4.69) is 5.32 Å². The predicted octanol–water partition coefficient (Wildman–Crippen LogP) is 2.95. The Morgan fingerprint density at radius 2 is 1.80 bits per heavy atom. The van der Waals surface area contributed by atoms with Crippen molar-refractivity contribution >= 4 is 34.9 Å². The number of hydrogen-bond donors (Lipinski definition) is 1. The Kier molecular flexibility index (Phi) is 6.25. The molecule has 2 amide bonds. The molecule has 0 radical (unpaired) electrons. The number of ketones is 1. The molecule has 1 N–H and O–H groups in total. The molecule has 0 saturated carbocycles. The number of ether oxygens (including phenoxy) is 1. The molecule has 1 heterocycles. The highest BCUT2D eigenvalue weighted by molar-refractivity contribution is 6.05. The number of esters is 1. The van der Waals surface area contributed by atoms with Gasteiger partial charge < -0.3 is 15.0 Å². The minimum absolute atomic E-state index is 0.0277. The summed E-state index contributed by atoms with van der Waals surface area (Å²) < 4.78 is 19.2. The van der Waals surface area contributed by atoms with Crippen LogP contribution in [-0.2, 0) is 19.1 Å². The van der Waals surface area contributed by atoms with Gasteiger partial charge >= 0.3 is 5.97 Å². The van der Waals surface area contributed by atoms with Crippen LogP contribution in [0.3, 0.4) is 0 Å². The largest absolute Gasteiger partial charge is 0.452 e. The molecule has 0 aromatic heterocycles. The van der Waals surface area contributed by atoms with Crippen molar-refractivity contribution in [3.8, 4) is 0 Å². The number of nitrogens with zero attached hydrogens (tertiary/aromatic N) is 1. The molecule has 30 heavy (non-hydrogen) atoms. The average Bonchev–Trinajstić information content (AvgIpc) is 3.10. The van der Waals surface area contributed by atoms with Gasteiger partial charge in [0.1, 0.15) is 5.82 Å². The summed E-state index contributed by atoms with van der Waals surface area (Å²) in [5.74, 6) is -3.30. The van der Waals surface area contributed by atoms with Crippen molar-refractivity contribution in [2.45, 2.75) is 26.4 Å². The molecule has 0 bridgehead atoms. The van der Waals surface area contributed by atoms with Crippen LogP contribution in [0.4, 0.5) is 15.8 Å². The van der Waals surface area contributed by atoms with E-state index in [1.807, 2.05) is 0 Å². The van der Waals surface area contributed by atoms with Gasteiger partial charge in [0, 0.05) is 18.5 Å². The van der Waals surface area contributed by atoms with Crippen LogP contribution in [0.15, 0.2) is 48.5 Å². The predicted molar refractivity (Wildman–Crippen MR) is 107 cm³/mol. The summed E-state index contributed by atoms with van der Waals surface area (Å²) >= 11 is 0. The fraction of sp³-hybridized carbons (Fsp3) is 0.273. The zero-order valence-electron chi connectivity index (χ0n) is 16.6. The molecular weight excluding hydrogens is 391 g/mol. The fourth-order valence-electron chi connectivity index (χ4n) is 3.23. The van der Waals surface area contributed by atoms with Crippen molar-refractivity contribution in [2.75, 3.05) is 16.8 Å². The second kappa shape index (κ2) is 8.86. The first kappa shape index (κ1) is 21.2. The Labute approximate surface area is 172 Å². The van der Waals surface area contributed by atoms with Gasteiger partial charge in [0.15, 0.2) is 11.9 Å². The minimum Gasteiger partial charge on any atom is -0.452 e. The summed E-state index contributed by atoms with van der Waals surface area (Å²) in [6.45, 7) is 2.75.